The van der Waals surface area contributed by atoms with Crippen LogP contribution in [0.5, 0.6) is 0 Å². The van der Waals surface area contributed by atoms with E-state index in [4.69, 9.17) is 5.26 Å². The van der Waals surface area contributed by atoms with Gasteiger partial charge in [-0.2, -0.15) is 21.3 Å². The summed E-state index contributed by atoms with van der Waals surface area (Å²) in [6.45, 7) is 3.23. The smallest absolute Gasteiger partial charge is 0.212 e. The van der Waals surface area contributed by atoms with Crippen LogP contribution in [0.2, 0.25) is 0 Å². The summed E-state index contributed by atoms with van der Waals surface area (Å²) >= 11 is 1.84. The van der Waals surface area contributed by atoms with Crippen LogP contribution in [0, 0.1) is 11.3 Å². The maximum absolute atomic E-state index is 12.5. The molecule has 1 saturated heterocycles. The summed E-state index contributed by atoms with van der Waals surface area (Å²) in [4.78, 5) is 0. The van der Waals surface area contributed by atoms with Crippen LogP contribution in [-0.2, 0) is 15.8 Å². The minimum Gasteiger partial charge on any atom is -0.212 e. The lowest BCUT2D eigenvalue weighted by Crippen LogP contribution is -2.42. The summed E-state index contributed by atoms with van der Waals surface area (Å²) in [6, 6.07) is 8.95. The largest absolute Gasteiger partial charge is 0.218 e. The molecule has 0 N–H and O–H groups in total. The number of benzene rings is 1. The summed E-state index contributed by atoms with van der Waals surface area (Å²) in [5.41, 5.74) is 1.02. The third kappa shape index (κ3) is 3.54. The van der Waals surface area contributed by atoms with Crippen LogP contribution in [0.3, 0.4) is 0 Å². The van der Waals surface area contributed by atoms with Crippen molar-refractivity contribution < 1.29 is 8.42 Å². The topological polar surface area (TPSA) is 61.2 Å². The number of nitriles is 1. The summed E-state index contributed by atoms with van der Waals surface area (Å²) in [5, 5.41) is 9.42. The van der Waals surface area contributed by atoms with Crippen LogP contribution in [0.25, 0.3) is 0 Å². The summed E-state index contributed by atoms with van der Waals surface area (Å²) in [7, 11) is -3.34. The van der Waals surface area contributed by atoms with E-state index < -0.39 is 10.0 Å². The van der Waals surface area contributed by atoms with Gasteiger partial charge in [0.2, 0.25) is 10.0 Å². The van der Waals surface area contributed by atoms with Crippen LogP contribution >= 0.6 is 11.8 Å². The number of nitrogens with zero attached hydrogens (tertiary/aromatic N) is 2. The lowest BCUT2D eigenvalue weighted by atomic mass is 10.1. The lowest BCUT2D eigenvalue weighted by molar-refractivity contribution is 0.415. The van der Waals surface area contributed by atoms with Crippen molar-refractivity contribution >= 4 is 21.8 Å². The zero-order chi connectivity index (χ0) is 14.6. The van der Waals surface area contributed by atoms with Crippen LogP contribution in [0.1, 0.15) is 24.5 Å². The molecule has 1 atom stereocenters. The van der Waals surface area contributed by atoms with Crippen molar-refractivity contribution in [1.29, 1.82) is 5.26 Å². The molecular weight excluding hydrogens is 292 g/mol. The van der Waals surface area contributed by atoms with Crippen molar-refractivity contribution in [2.75, 3.05) is 18.8 Å². The molecule has 1 aromatic carbocycles. The first-order chi connectivity index (χ1) is 9.56. The van der Waals surface area contributed by atoms with Crippen LogP contribution < -0.4 is 0 Å². The van der Waals surface area contributed by atoms with Gasteiger partial charge >= 0.3 is 0 Å². The molecule has 0 saturated carbocycles. The fourth-order valence-corrected chi connectivity index (χ4v) is 5.23. The number of hydrogen-bond donors (Lipinski definition) is 0. The molecule has 1 aliphatic heterocycles. The fraction of sp³-hybridized carbons (Fsp3) is 0.500. The van der Waals surface area contributed by atoms with Gasteiger partial charge in [0.25, 0.3) is 0 Å². The average molecular weight is 310 g/mol. The number of thioether (sulfide) groups is 1. The summed E-state index contributed by atoms with van der Waals surface area (Å²) < 4.78 is 26.6. The fourth-order valence-electron chi connectivity index (χ4n) is 2.23. The maximum Gasteiger partial charge on any atom is 0.218 e. The lowest BCUT2D eigenvalue weighted by Gasteiger charge is -2.31. The molecule has 1 unspecified atom stereocenters. The molecule has 20 heavy (non-hydrogen) atoms. The van der Waals surface area contributed by atoms with Gasteiger partial charge in [-0.25, -0.2) is 8.42 Å². The normalized spacial score (nSPS) is 20.5. The Morgan fingerprint density at radius 3 is 2.90 bits per heavy atom. The minimum atomic E-state index is -3.34. The molecular formula is C14H18N2O2S2. The second-order valence-corrected chi connectivity index (χ2v) is 8.16. The Bertz CT molecular complexity index is 608. The molecule has 0 aliphatic carbocycles. The zero-order valence-electron chi connectivity index (χ0n) is 11.4. The molecule has 1 aliphatic rings. The molecule has 1 fully saturated rings. The van der Waals surface area contributed by atoms with Gasteiger partial charge < -0.3 is 0 Å². The van der Waals surface area contributed by atoms with Crippen molar-refractivity contribution in [3.63, 3.8) is 0 Å². The van der Waals surface area contributed by atoms with Gasteiger partial charge in [0.15, 0.2) is 0 Å². The van der Waals surface area contributed by atoms with E-state index in [1.165, 1.54) is 0 Å². The van der Waals surface area contributed by atoms with E-state index in [-0.39, 0.29) is 5.75 Å². The second-order valence-electron chi connectivity index (χ2n) is 4.78. The first kappa shape index (κ1) is 15.4. The monoisotopic (exact) mass is 310 g/mol. The Labute approximate surface area is 124 Å². The average Bonchev–Trinajstić information content (AvgIpc) is 2.47. The third-order valence-corrected chi connectivity index (χ3v) is 6.59. The maximum atomic E-state index is 12.5. The highest BCUT2D eigenvalue weighted by Crippen LogP contribution is 2.24. The van der Waals surface area contributed by atoms with Crippen molar-refractivity contribution in [2.45, 2.75) is 24.3 Å². The summed E-state index contributed by atoms with van der Waals surface area (Å²) in [6.07, 6.45) is 0.978. The summed E-state index contributed by atoms with van der Waals surface area (Å²) in [5.74, 6) is 0.759. The first-order valence-corrected chi connectivity index (χ1v) is 9.30. The highest BCUT2D eigenvalue weighted by atomic mass is 32.2. The molecule has 6 heteroatoms. The highest BCUT2D eigenvalue weighted by molar-refractivity contribution is 8.00. The standard InChI is InChI=1S/C14H18N2O2S2/c1-2-14-10-16(7-8-19-14)20(17,18)11-13-6-4-3-5-12(13)9-15/h3-6,14H,2,7-8,10-11H2,1H3. The van der Waals surface area contributed by atoms with Gasteiger partial charge in [0.05, 0.1) is 17.4 Å². The van der Waals surface area contributed by atoms with Crippen molar-refractivity contribution in [3.8, 4) is 6.07 Å². The number of rotatable bonds is 4. The Hall–Kier alpha value is -1.03. The predicted octanol–water partition coefficient (Wildman–Crippen LogP) is 2.22. The SMILES string of the molecule is CCC1CN(S(=O)(=O)Cc2ccccc2C#N)CCS1. The van der Waals surface area contributed by atoms with E-state index in [9.17, 15) is 8.42 Å². The molecule has 1 heterocycles. The molecule has 0 spiro atoms. The number of hydrogen-bond acceptors (Lipinski definition) is 4. The first-order valence-electron chi connectivity index (χ1n) is 6.64. The second kappa shape index (κ2) is 6.61. The van der Waals surface area contributed by atoms with Gasteiger partial charge in [0, 0.05) is 24.1 Å². The molecule has 0 radical (unpaired) electrons. The number of sulfonamides is 1. The molecule has 0 bridgehead atoms. The third-order valence-electron chi connectivity index (χ3n) is 3.43. The molecule has 108 valence electrons. The van der Waals surface area contributed by atoms with E-state index in [1.54, 1.807) is 28.6 Å². The molecule has 0 amide bonds. The van der Waals surface area contributed by atoms with Crippen LogP contribution in [0.4, 0.5) is 0 Å². The quantitative estimate of drug-likeness (QED) is 0.855. The minimum absolute atomic E-state index is 0.0855. The Balaban J connectivity index is 2.17. The van der Waals surface area contributed by atoms with E-state index in [2.05, 4.69) is 13.0 Å². The highest BCUT2D eigenvalue weighted by Gasteiger charge is 2.29. The molecule has 2 rings (SSSR count). The van der Waals surface area contributed by atoms with Gasteiger partial charge in [-0.05, 0) is 18.1 Å². The van der Waals surface area contributed by atoms with Crippen LogP contribution in [0.15, 0.2) is 24.3 Å². The van der Waals surface area contributed by atoms with E-state index in [1.807, 2.05) is 11.8 Å². The van der Waals surface area contributed by atoms with Crippen molar-refractivity contribution in [3.05, 3.63) is 35.4 Å². The van der Waals surface area contributed by atoms with Gasteiger partial charge in [-0.1, -0.05) is 25.1 Å². The zero-order valence-corrected chi connectivity index (χ0v) is 13.1. The van der Waals surface area contributed by atoms with Gasteiger partial charge in [-0.3, -0.25) is 0 Å². The Morgan fingerprint density at radius 2 is 2.20 bits per heavy atom. The van der Waals surface area contributed by atoms with Gasteiger partial charge in [-0.15, -0.1) is 0 Å². The molecule has 0 aromatic heterocycles. The van der Waals surface area contributed by atoms with E-state index in [0.29, 0.717) is 29.5 Å². The Kier molecular flexibility index (Phi) is 5.08. The molecule has 4 nitrogen and oxygen atoms in total. The Morgan fingerprint density at radius 1 is 1.45 bits per heavy atom. The van der Waals surface area contributed by atoms with Gasteiger partial charge in [0.1, 0.15) is 0 Å². The predicted molar refractivity (Wildman–Crippen MR) is 81.9 cm³/mol. The molecule has 1 aromatic rings. The van der Waals surface area contributed by atoms with Crippen molar-refractivity contribution in [2.24, 2.45) is 0 Å². The van der Waals surface area contributed by atoms with E-state index in [0.717, 1.165) is 12.2 Å². The van der Waals surface area contributed by atoms with Crippen molar-refractivity contribution in [1.82, 2.24) is 4.31 Å². The van der Waals surface area contributed by atoms with E-state index >= 15 is 0 Å². The van der Waals surface area contributed by atoms with Crippen LogP contribution in [-0.4, -0.2) is 36.8 Å².